The van der Waals surface area contributed by atoms with E-state index in [-0.39, 0.29) is 22.1 Å². The van der Waals surface area contributed by atoms with Crippen molar-refractivity contribution in [2.45, 2.75) is 36.4 Å². The molecule has 0 spiro atoms. The quantitative estimate of drug-likeness (QED) is 0.774. The minimum absolute atomic E-state index is 0.0575. The van der Waals surface area contributed by atoms with Crippen molar-refractivity contribution in [3.63, 3.8) is 0 Å². The predicted octanol–water partition coefficient (Wildman–Crippen LogP) is 0.333. The number of nitrogens with one attached hydrogen (secondary N) is 1. The molecule has 3 N–H and O–H groups in total. The van der Waals surface area contributed by atoms with Gasteiger partial charge >= 0.3 is 0 Å². The Hall–Kier alpha value is -1.70. The van der Waals surface area contributed by atoms with E-state index in [2.05, 4.69) is 15.3 Å². The molecule has 3 saturated carbocycles. The average molecular weight is 296 g/mol. The summed E-state index contributed by atoms with van der Waals surface area (Å²) < 4.78 is 23.0. The molecule has 2 bridgehead atoms. The van der Waals surface area contributed by atoms with Crippen LogP contribution in [0.5, 0.6) is 0 Å². The molecule has 0 atom stereocenters. The van der Waals surface area contributed by atoms with E-state index in [0.29, 0.717) is 0 Å². The summed E-state index contributed by atoms with van der Waals surface area (Å²) >= 11 is 0. The van der Waals surface area contributed by atoms with E-state index in [1.807, 2.05) is 0 Å². The molecule has 0 aromatic carbocycles. The van der Waals surface area contributed by atoms with Gasteiger partial charge in [0.25, 0.3) is 5.91 Å². The van der Waals surface area contributed by atoms with Gasteiger partial charge in [-0.3, -0.25) is 4.79 Å². The molecule has 7 nitrogen and oxygen atoms in total. The zero-order valence-electron chi connectivity index (χ0n) is 11.1. The van der Waals surface area contributed by atoms with Crippen LogP contribution in [0.15, 0.2) is 11.4 Å². The number of carbonyl (C=O) groups excluding carboxylic acids is 1. The number of rotatable bonds is 4. The van der Waals surface area contributed by atoms with Crippen molar-refractivity contribution in [1.82, 2.24) is 9.97 Å². The summed E-state index contributed by atoms with van der Waals surface area (Å²) in [6.07, 6.45) is 6.43. The molecule has 0 aliphatic heterocycles. The second-order valence-electron chi connectivity index (χ2n) is 5.77. The third-order valence-corrected chi connectivity index (χ3v) is 5.00. The molecular formula is C12H16N4O3S. The van der Waals surface area contributed by atoms with Crippen LogP contribution in [0.3, 0.4) is 0 Å². The van der Waals surface area contributed by atoms with Gasteiger partial charge < -0.3 is 11.1 Å². The highest BCUT2D eigenvalue weighted by Crippen LogP contribution is 2.53. The van der Waals surface area contributed by atoms with Gasteiger partial charge in [0.1, 0.15) is 5.82 Å². The predicted molar refractivity (Wildman–Crippen MR) is 72.0 cm³/mol. The van der Waals surface area contributed by atoms with Gasteiger partial charge in [-0.05, 0) is 31.6 Å². The molecule has 3 aliphatic rings. The normalized spacial score (nSPS) is 27.9. The maximum absolute atomic E-state index is 11.5. The van der Waals surface area contributed by atoms with E-state index >= 15 is 0 Å². The van der Waals surface area contributed by atoms with Crippen LogP contribution in [0.25, 0.3) is 0 Å². The Balaban J connectivity index is 1.99. The number of primary amides is 1. The van der Waals surface area contributed by atoms with Gasteiger partial charge in [-0.1, -0.05) is 0 Å². The number of hydrogen-bond donors (Lipinski definition) is 2. The first-order valence-corrected chi connectivity index (χ1v) is 8.33. The highest BCUT2D eigenvalue weighted by molar-refractivity contribution is 7.90. The molecule has 1 heterocycles. The van der Waals surface area contributed by atoms with Gasteiger partial charge in [0, 0.05) is 18.0 Å². The summed E-state index contributed by atoms with van der Waals surface area (Å²) in [5.74, 6) is 0.293. The fraction of sp³-hybridized carbons (Fsp3) is 0.583. The Labute approximate surface area is 116 Å². The van der Waals surface area contributed by atoms with Gasteiger partial charge in [-0.25, -0.2) is 18.4 Å². The number of sulfone groups is 1. The van der Waals surface area contributed by atoms with Crippen LogP contribution in [0.4, 0.5) is 5.82 Å². The summed E-state index contributed by atoms with van der Waals surface area (Å²) in [6, 6.07) is 0. The van der Waals surface area contributed by atoms with Crippen LogP contribution < -0.4 is 11.1 Å². The van der Waals surface area contributed by atoms with Gasteiger partial charge in [0.2, 0.25) is 15.0 Å². The number of hydrogen-bond acceptors (Lipinski definition) is 6. The Morgan fingerprint density at radius 2 is 2.20 bits per heavy atom. The smallest absolute Gasteiger partial charge is 0.254 e. The van der Waals surface area contributed by atoms with Crippen LogP contribution in [0.1, 0.15) is 36.0 Å². The van der Waals surface area contributed by atoms with Gasteiger partial charge in [0.15, 0.2) is 0 Å². The third-order valence-electron chi connectivity index (χ3n) is 4.14. The van der Waals surface area contributed by atoms with E-state index < -0.39 is 15.7 Å². The van der Waals surface area contributed by atoms with Crippen LogP contribution in [-0.2, 0) is 9.84 Å². The van der Waals surface area contributed by atoms with E-state index in [1.54, 1.807) is 0 Å². The summed E-state index contributed by atoms with van der Waals surface area (Å²) in [5, 5.41) is 2.93. The number of aromatic nitrogens is 2. The minimum atomic E-state index is -3.52. The van der Waals surface area contributed by atoms with E-state index in [1.165, 1.54) is 6.20 Å². The zero-order chi connectivity index (χ0) is 14.5. The number of amides is 1. The molecule has 0 saturated heterocycles. The summed E-state index contributed by atoms with van der Waals surface area (Å²) in [6.45, 7) is 0. The monoisotopic (exact) mass is 296 g/mol. The maximum Gasteiger partial charge on any atom is 0.254 e. The third kappa shape index (κ3) is 2.13. The van der Waals surface area contributed by atoms with Crippen LogP contribution in [-0.4, -0.2) is 36.1 Å². The van der Waals surface area contributed by atoms with Gasteiger partial charge in [0.05, 0.1) is 5.56 Å². The standard InChI is InChI=1S/C12H16N4O3S/c1-20(18,19)11-14-6-8(9(13)17)10(15-11)16-12-3-2-7(4-12)5-12/h6-7H,2-5H2,1H3,(H2,13,17)(H,14,15,16). The number of fused-ring (bicyclic) bond motifs is 1. The molecule has 0 unspecified atom stereocenters. The number of nitrogens with two attached hydrogens (primary N) is 1. The van der Waals surface area contributed by atoms with Crippen molar-refractivity contribution in [1.29, 1.82) is 0 Å². The second kappa shape index (κ2) is 4.15. The maximum atomic E-state index is 11.5. The molecular weight excluding hydrogens is 280 g/mol. The highest BCUT2D eigenvalue weighted by Gasteiger charge is 2.50. The first-order valence-electron chi connectivity index (χ1n) is 6.44. The Morgan fingerprint density at radius 1 is 1.50 bits per heavy atom. The Kier molecular flexibility index (Phi) is 2.75. The number of anilines is 1. The summed E-state index contributed by atoms with van der Waals surface area (Å²) in [5.41, 5.74) is 5.36. The van der Waals surface area contributed by atoms with Crippen molar-refractivity contribution < 1.29 is 13.2 Å². The van der Waals surface area contributed by atoms with Gasteiger partial charge in [-0.2, -0.15) is 0 Å². The fourth-order valence-electron chi connectivity index (χ4n) is 3.17. The fourth-order valence-corrected chi connectivity index (χ4v) is 3.67. The van der Waals surface area contributed by atoms with Crippen LogP contribution >= 0.6 is 0 Å². The highest BCUT2D eigenvalue weighted by atomic mass is 32.2. The Bertz CT molecular complexity index is 674. The lowest BCUT2D eigenvalue weighted by Crippen LogP contribution is -2.43. The number of nitrogens with zero attached hydrogens (tertiary/aromatic N) is 2. The SMILES string of the molecule is CS(=O)(=O)c1ncc(C(N)=O)c(NC23CCC(C2)C3)n1. The molecule has 3 aliphatic carbocycles. The molecule has 1 aromatic heterocycles. The van der Waals surface area contributed by atoms with Crippen molar-refractivity contribution in [3.05, 3.63) is 11.8 Å². The topological polar surface area (TPSA) is 115 Å². The molecule has 0 radical (unpaired) electrons. The molecule has 3 fully saturated rings. The molecule has 20 heavy (non-hydrogen) atoms. The zero-order valence-corrected chi connectivity index (χ0v) is 11.9. The molecule has 4 rings (SSSR count). The summed E-state index contributed by atoms with van der Waals surface area (Å²) in [7, 11) is -3.52. The Morgan fingerprint density at radius 3 is 2.70 bits per heavy atom. The van der Waals surface area contributed by atoms with E-state index in [0.717, 1.165) is 37.9 Å². The van der Waals surface area contributed by atoms with Gasteiger partial charge in [-0.15, -0.1) is 0 Å². The summed E-state index contributed by atoms with van der Waals surface area (Å²) in [4.78, 5) is 19.1. The number of carbonyl (C=O) groups is 1. The minimum Gasteiger partial charge on any atom is -0.365 e. The van der Waals surface area contributed by atoms with Crippen molar-refractivity contribution in [3.8, 4) is 0 Å². The van der Waals surface area contributed by atoms with E-state index in [9.17, 15) is 13.2 Å². The lowest BCUT2D eigenvalue weighted by molar-refractivity contribution is 0.1000. The molecule has 8 heteroatoms. The molecule has 1 aromatic rings. The van der Waals surface area contributed by atoms with Crippen molar-refractivity contribution in [2.75, 3.05) is 11.6 Å². The second-order valence-corrected chi connectivity index (χ2v) is 7.68. The lowest BCUT2D eigenvalue weighted by atomic mass is 9.77. The average Bonchev–Trinajstić information content (AvgIpc) is 2.86. The van der Waals surface area contributed by atoms with Crippen molar-refractivity contribution >= 4 is 21.6 Å². The van der Waals surface area contributed by atoms with E-state index in [4.69, 9.17) is 5.73 Å². The van der Waals surface area contributed by atoms with Crippen LogP contribution in [0, 0.1) is 5.92 Å². The van der Waals surface area contributed by atoms with Crippen molar-refractivity contribution in [2.24, 2.45) is 11.7 Å². The first-order chi connectivity index (χ1) is 9.29. The van der Waals surface area contributed by atoms with Crippen LogP contribution in [0.2, 0.25) is 0 Å². The first kappa shape index (κ1) is 13.3. The largest absolute Gasteiger partial charge is 0.365 e. The molecule has 1 amide bonds. The molecule has 108 valence electrons. The lowest BCUT2D eigenvalue weighted by Gasteiger charge is -2.40.